The van der Waals surface area contributed by atoms with Crippen LogP contribution in [-0.4, -0.2) is 16.8 Å². The number of aromatic nitrogens is 1. The van der Waals surface area contributed by atoms with Crippen LogP contribution in [0.3, 0.4) is 0 Å². The molecule has 1 aromatic rings. The Morgan fingerprint density at radius 2 is 1.68 bits per heavy atom. The molecule has 96 valence electrons. The summed E-state index contributed by atoms with van der Waals surface area (Å²) in [4.78, 5) is 27.8. The van der Waals surface area contributed by atoms with Crippen molar-refractivity contribution in [1.29, 1.82) is 0 Å². The fourth-order valence-corrected chi connectivity index (χ4v) is 2.62. The van der Waals surface area contributed by atoms with Gasteiger partial charge in [0.2, 0.25) is 0 Å². The van der Waals surface area contributed by atoms with E-state index in [0.29, 0.717) is 5.57 Å². The molecule has 1 aliphatic carbocycles. The number of hydrogen-bond donors (Lipinski definition) is 1. The molecule has 0 saturated heterocycles. The fraction of sp³-hybridized carbons (Fsp3) is 0.267. The summed E-state index contributed by atoms with van der Waals surface area (Å²) in [5.74, 6) is -0.506. The number of nitrogens with one attached hydrogen (secondary N) is 1. The van der Waals surface area contributed by atoms with E-state index in [2.05, 4.69) is 10.3 Å². The first-order valence-electron chi connectivity index (χ1n) is 6.45. The van der Waals surface area contributed by atoms with Gasteiger partial charge in [0.1, 0.15) is 0 Å². The average Bonchev–Trinajstić information content (AvgIpc) is 2.45. The van der Waals surface area contributed by atoms with Gasteiger partial charge in [-0.1, -0.05) is 0 Å². The van der Waals surface area contributed by atoms with E-state index in [1.165, 1.54) is 0 Å². The molecule has 3 rings (SSSR count). The van der Waals surface area contributed by atoms with Crippen LogP contribution in [0.25, 0.3) is 6.08 Å². The standard InChI is InChI=1S/C15H14N2O2/c18-14-12-4-2-1-3-11(12)13(15(19)17-14)9-10-5-7-16-8-6-10/h5-9H,1-4H2,(H,17,18,19)/b13-9-. The quantitative estimate of drug-likeness (QED) is 0.616. The molecule has 0 fully saturated rings. The zero-order valence-corrected chi connectivity index (χ0v) is 10.5. The second-order valence-electron chi connectivity index (χ2n) is 4.79. The zero-order chi connectivity index (χ0) is 13.2. The topological polar surface area (TPSA) is 59.1 Å². The van der Waals surface area contributed by atoms with E-state index >= 15 is 0 Å². The molecular weight excluding hydrogens is 240 g/mol. The van der Waals surface area contributed by atoms with Crippen LogP contribution in [0, 0.1) is 0 Å². The maximum Gasteiger partial charge on any atom is 0.258 e. The third-order valence-corrected chi connectivity index (χ3v) is 3.56. The first-order valence-corrected chi connectivity index (χ1v) is 6.45. The normalized spacial score (nSPS) is 21.4. The van der Waals surface area contributed by atoms with Crippen molar-refractivity contribution < 1.29 is 9.59 Å². The fourth-order valence-electron chi connectivity index (χ4n) is 2.62. The molecule has 2 aliphatic rings. The van der Waals surface area contributed by atoms with Gasteiger partial charge >= 0.3 is 0 Å². The maximum atomic E-state index is 12.0. The van der Waals surface area contributed by atoms with Gasteiger partial charge in [-0.05, 0) is 55.0 Å². The van der Waals surface area contributed by atoms with Gasteiger partial charge in [-0.3, -0.25) is 19.9 Å². The molecule has 4 heteroatoms. The van der Waals surface area contributed by atoms with Crippen molar-refractivity contribution in [3.05, 3.63) is 46.8 Å². The Morgan fingerprint density at radius 1 is 1.00 bits per heavy atom. The second kappa shape index (κ2) is 4.80. The first kappa shape index (κ1) is 11.8. The van der Waals surface area contributed by atoms with Gasteiger partial charge < -0.3 is 0 Å². The molecule has 2 heterocycles. The van der Waals surface area contributed by atoms with Crippen molar-refractivity contribution >= 4 is 17.9 Å². The highest BCUT2D eigenvalue weighted by molar-refractivity contribution is 6.18. The molecule has 4 nitrogen and oxygen atoms in total. The van der Waals surface area contributed by atoms with Gasteiger partial charge in [0.15, 0.2) is 0 Å². The Morgan fingerprint density at radius 3 is 2.42 bits per heavy atom. The number of rotatable bonds is 1. The molecule has 0 unspecified atom stereocenters. The molecule has 1 aliphatic heterocycles. The van der Waals surface area contributed by atoms with Crippen LogP contribution >= 0.6 is 0 Å². The summed E-state index contributed by atoms with van der Waals surface area (Å²) >= 11 is 0. The minimum atomic E-state index is -0.289. The summed E-state index contributed by atoms with van der Waals surface area (Å²) < 4.78 is 0. The Hall–Kier alpha value is -2.23. The Labute approximate surface area is 111 Å². The van der Waals surface area contributed by atoms with Crippen LogP contribution in [0.2, 0.25) is 0 Å². The predicted molar refractivity (Wildman–Crippen MR) is 70.9 cm³/mol. The summed E-state index contributed by atoms with van der Waals surface area (Å²) in [6.45, 7) is 0. The number of carbonyl (C=O) groups excluding carboxylic acids is 2. The molecule has 0 aromatic carbocycles. The highest BCUT2D eigenvalue weighted by atomic mass is 16.2. The third-order valence-electron chi connectivity index (χ3n) is 3.56. The summed E-state index contributed by atoms with van der Waals surface area (Å²) in [7, 11) is 0. The number of carbonyl (C=O) groups is 2. The second-order valence-corrected chi connectivity index (χ2v) is 4.79. The zero-order valence-electron chi connectivity index (χ0n) is 10.5. The van der Waals surface area contributed by atoms with Gasteiger partial charge in [0.25, 0.3) is 11.8 Å². The molecule has 0 spiro atoms. The van der Waals surface area contributed by atoms with Gasteiger partial charge in [0, 0.05) is 23.5 Å². The maximum absolute atomic E-state index is 12.0. The van der Waals surface area contributed by atoms with Crippen molar-refractivity contribution in [1.82, 2.24) is 10.3 Å². The largest absolute Gasteiger partial charge is 0.288 e. The SMILES string of the molecule is O=C1NC(=O)/C(=C\c2ccncc2)C2=C1CCCC2. The van der Waals surface area contributed by atoms with E-state index in [1.54, 1.807) is 12.4 Å². The highest BCUT2D eigenvalue weighted by Gasteiger charge is 2.30. The van der Waals surface area contributed by atoms with E-state index < -0.39 is 0 Å². The lowest BCUT2D eigenvalue weighted by Gasteiger charge is -2.25. The minimum Gasteiger partial charge on any atom is -0.288 e. The first-order chi connectivity index (χ1) is 9.25. The monoisotopic (exact) mass is 254 g/mol. The van der Waals surface area contributed by atoms with Crippen LogP contribution in [0.1, 0.15) is 31.2 Å². The van der Waals surface area contributed by atoms with E-state index in [0.717, 1.165) is 42.4 Å². The highest BCUT2D eigenvalue weighted by Crippen LogP contribution is 2.33. The summed E-state index contributed by atoms with van der Waals surface area (Å²) in [6, 6.07) is 3.69. The predicted octanol–water partition coefficient (Wildman–Crippen LogP) is 1.99. The van der Waals surface area contributed by atoms with E-state index in [1.807, 2.05) is 18.2 Å². The van der Waals surface area contributed by atoms with E-state index in [9.17, 15) is 9.59 Å². The third kappa shape index (κ3) is 2.21. The van der Waals surface area contributed by atoms with Crippen molar-refractivity contribution in [2.24, 2.45) is 0 Å². The summed E-state index contributed by atoms with van der Waals surface area (Å²) in [5.41, 5.74) is 3.26. The molecule has 19 heavy (non-hydrogen) atoms. The molecule has 0 bridgehead atoms. The number of amides is 2. The van der Waals surface area contributed by atoms with Crippen LogP contribution in [0.4, 0.5) is 0 Å². The molecule has 2 amide bonds. The van der Waals surface area contributed by atoms with Gasteiger partial charge in [0.05, 0.1) is 0 Å². The van der Waals surface area contributed by atoms with Crippen LogP contribution in [-0.2, 0) is 9.59 Å². The minimum absolute atomic E-state index is 0.216. The number of nitrogens with zero attached hydrogens (tertiary/aromatic N) is 1. The van der Waals surface area contributed by atoms with Crippen molar-refractivity contribution in [2.75, 3.05) is 0 Å². The van der Waals surface area contributed by atoms with Crippen LogP contribution in [0.5, 0.6) is 0 Å². The smallest absolute Gasteiger partial charge is 0.258 e. The van der Waals surface area contributed by atoms with Gasteiger partial charge in [-0.25, -0.2) is 0 Å². The molecular formula is C15H14N2O2. The summed E-state index contributed by atoms with van der Waals surface area (Å²) in [5, 5.41) is 2.43. The molecule has 0 saturated carbocycles. The number of hydrogen-bond acceptors (Lipinski definition) is 3. The average molecular weight is 254 g/mol. The Bertz CT molecular complexity index is 600. The Balaban J connectivity index is 2.08. The number of imide groups is 1. The van der Waals surface area contributed by atoms with Crippen molar-refractivity contribution in [2.45, 2.75) is 25.7 Å². The molecule has 0 atom stereocenters. The van der Waals surface area contributed by atoms with Crippen LogP contribution in [0.15, 0.2) is 41.2 Å². The lowest BCUT2D eigenvalue weighted by atomic mass is 9.83. The lowest BCUT2D eigenvalue weighted by molar-refractivity contribution is -0.127. The Kier molecular flexibility index (Phi) is 2.99. The van der Waals surface area contributed by atoms with Gasteiger partial charge in [-0.2, -0.15) is 0 Å². The summed E-state index contributed by atoms with van der Waals surface area (Å²) in [6.07, 6.45) is 8.84. The van der Waals surface area contributed by atoms with E-state index in [4.69, 9.17) is 0 Å². The molecule has 0 radical (unpaired) electrons. The van der Waals surface area contributed by atoms with Crippen molar-refractivity contribution in [3.63, 3.8) is 0 Å². The number of pyridine rings is 1. The molecule has 1 N–H and O–H groups in total. The van der Waals surface area contributed by atoms with Crippen molar-refractivity contribution in [3.8, 4) is 0 Å². The molecule has 1 aromatic heterocycles. The lowest BCUT2D eigenvalue weighted by Crippen LogP contribution is -2.39. The van der Waals surface area contributed by atoms with Gasteiger partial charge in [-0.15, -0.1) is 0 Å². The van der Waals surface area contributed by atoms with E-state index in [-0.39, 0.29) is 11.8 Å². The van der Waals surface area contributed by atoms with Crippen LogP contribution < -0.4 is 5.32 Å².